The molecule has 0 spiro atoms. The number of quaternary nitrogens is 1. The van der Waals surface area contributed by atoms with Crippen molar-refractivity contribution in [3.63, 3.8) is 0 Å². The molecule has 0 bridgehead atoms. The molecular weight excluding hydrogens is 467 g/mol. The average molecular weight is 508 g/mol. The van der Waals surface area contributed by atoms with Crippen molar-refractivity contribution >= 4 is 10.0 Å². The second-order valence-electron chi connectivity index (χ2n) is 8.58. The summed E-state index contributed by atoms with van der Waals surface area (Å²) in [5.74, 6) is 0.0696. The molecule has 1 fully saturated rings. The van der Waals surface area contributed by atoms with Gasteiger partial charge in [0.15, 0.2) is 0 Å². The molecule has 0 amide bonds. The Balaban J connectivity index is 0.00000450. The van der Waals surface area contributed by atoms with Gasteiger partial charge in [0.05, 0.1) is 38.5 Å². The summed E-state index contributed by atoms with van der Waals surface area (Å²) >= 11 is 0. The van der Waals surface area contributed by atoms with E-state index in [1.165, 1.54) is 44.2 Å². The van der Waals surface area contributed by atoms with Gasteiger partial charge in [0, 0.05) is 5.56 Å². The first-order valence-electron chi connectivity index (χ1n) is 11.5. The van der Waals surface area contributed by atoms with Crippen molar-refractivity contribution in [2.24, 2.45) is 0 Å². The van der Waals surface area contributed by atoms with Crippen LogP contribution in [0.25, 0.3) is 0 Å². The third-order valence-corrected chi connectivity index (χ3v) is 8.36. The molecule has 1 aliphatic heterocycles. The van der Waals surface area contributed by atoms with Crippen molar-refractivity contribution in [3.8, 4) is 0 Å². The lowest BCUT2D eigenvalue weighted by Crippen LogP contribution is -3.00. The van der Waals surface area contributed by atoms with Crippen molar-refractivity contribution in [1.29, 1.82) is 0 Å². The van der Waals surface area contributed by atoms with Gasteiger partial charge in [-0.05, 0) is 25.5 Å². The van der Waals surface area contributed by atoms with Crippen LogP contribution in [0.15, 0.2) is 24.3 Å². The minimum Gasteiger partial charge on any atom is -1.00 e. The van der Waals surface area contributed by atoms with E-state index >= 15 is 0 Å². The number of likely N-dealkylation sites (N-methyl/N-ethyl adjacent to an activating group) is 1. The first-order valence-corrected chi connectivity index (χ1v) is 13.1. The zero-order chi connectivity index (χ0) is 21.2. The molecule has 4 nitrogen and oxygen atoms in total. The minimum absolute atomic E-state index is 0. The molecule has 174 valence electrons. The van der Waals surface area contributed by atoms with Crippen molar-refractivity contribution < 1.29 is 34.3 Å². The van der Waals surface area contributed by atoms with Crippen LogP contribution in [-0.4, -0.2) is 55.7 Å². The van der Waals surface area contributed by atoms with Gasteiger partial charge in [-0.1, -0.05) is 64.0 Å². The molecule has 2 rings (SSSR count). The van der Waals surface area contributed by atoms with E-state index in [0.29, 0.717) is 13.1 Å². The molecule has 1 aromatic rings. The van der Waals surface area contributed by atoms with Crippen LogP contribution in [0.1, 0.15) is 70.8 Å². The first-order chi connectivity index (χ1) is 13.9. The molecule has 0 radical (unpaired) electrons. The standard InChI is InChI=1S/C23H40FN2O2S.BrH/c1-3-5-6-7-8-9-10-11-20-29(27,28)25-16-18-26(4-2,19-17-25)21-22-12-14-23(24)15-13-22;/h12-15H,3-11,16-21H2,1-2H3;1H/q+1;/p-1. The first kappa shape index (κ1) is 27.5. The summed E-state index contributed by atoms with van der Waals surface area (Å²) in [7, 11) is -3.15. The Kier molecular flexibility index (Phi) is 12.7. The van der Waals surface area contributed by atoms with Crippen LogP contribution in [-0.2, 0) is 16.6 Å². The third-order valence-electron chi connectivity index (χ3n) is 6.40. The van der Waals surface area contributed by atoms with E-state index in [-0.39, 0.29) is 28.6 Å². The predicted octanol–water partition coefficient (Wildman–Crippen LogP) is 1.95. The SMILES string of the molecule is CCCCCCCCCCS(=O)(=O)N1CC[N+](CC)(Cc2ccc(F)cc2)CC1.[Br-]. The minimum atomic E-state index is -3.15. The van der Waals surface area contributed by atoms with E-state index in [2.05, 4.69) is 13.8 Å². The third kappa shape index (κ3) is 8.93. The summed E-state index contributed by atoms with van der Waals surface area (Å²) in [5, 5.41) is 0. The van der Waals surface area contributed by atoms with Crippen LogP contribution in [0.2, 0.25) is 0 Å². The van der Waals surface area contributed by atoms with Gasteiger partial charge in [-0.2, -0.15) is 4.31 Å². The second kappa shape index (κ2) is 13.8. The number of rotatable bonds is 13. The summed E-state index contributed by atoms with van der Waals surface area (Å²) in [6.45, 7) is 9.01. The van der Waals surface area contributed by atoms with Gasteiger partial charge in [0.2, 0.25) is 10.0 Å². The maximum atomic E-state index is 13.2. The highest BCUT2D eigenvalue weighted by atomic mass is 79.9. The number of sulfonamides is 1. The number of hydrogen-bond donors (Lipinski definition) is 0. The van der Waals surface area contributed by atoms with Gasteiger partial charge in [-0.25, -0.2) is 12.8 Å². The number of piperazine rings is 1. The van der Waals surface area contributed by atoms with Gasteiger partial charge < -0.3 is 21.5 Å². The second-order valence-corrected chi connectivity index (χ2v) is 10.7. The summed E-state index contributed by atoms with van der Waals surface area (Å²) in [6, 6.07) is 6.70. The summed E-state index contributed by atoms with van der Waals surface area (Å²) in [6.07, 6.45) is 9.30. The van der Waals surface area contributed by atoms with E-state index in [0.717, 1.165) is 55.5 Å². The van der Waals surface area contributed by atoms with Gasteiger partial charge >= 0.3 is 0 Å². The summed E-state index contributed by atoms with van der Waals surface area (Å²) in [5.41, 5.74) is 1.11. The zero-order valence-electron chi connectivity index (χ0n) is 18.8. The molecule has 1 saturated heterocycles. The van der Waals surface area contributed by atoms with E-state index < -0.39 is 10.0 Å². The van der Waals surface area contributed by atoms with Gasteiger partial charge in [-0.15, -0.1) is 0 Å². The molecule has 7 heteroatoms. The molecule has 1 aromatic carbocycles. The van der Waals surface area contributed by atoms with Crippen molar-refractivity contribution in [1.82, 2.24) is 4.31 Å². The quantitative estimate of drug-likeness (QED) is 0.303. The summed E-state index contributed by atoms with van der Waals surface area (Å²) < 4.78 is 41.2. The molecule has 0 atom stereocenters. The lowest BCUT2D eigenvalue weighted by Gasteiger charge is -2.44. The molecule has 1 heterocycles. The Labute approximate surface area is 194 Å². The maximum Gasteiger partial charge on any atom is 0.214 e. The maximum absolute atomic E-state index is 13.2. The normalized spacial score (nSPS) is 16.9. The molecule has 0 aliphatic carbocycles. The molecule has 0 unspecified atom stereocenters. The number of nitrogens with zero attached hydrogens (tertiary/aromatic N) is 2. The van der Waals surface area contributed by atoms with Crippen LogP contribution in [0.4, 0.5) is 4.39 Å². The smallest absolute Gasteiger partial charge is 0.214 e. The van der Waals surface area contributed by atoms with Crippen molar-refractivity contribution in [2.75, 3.05) is 38.5 Å². The van der Waals surface area contributed by atoms with E-state index in [9.17, 15) is 12.8 Å². The highest BCUT2D eigenvalue weighted by Crippen LogP contribution is 2.21. The molecule has 0 aromatic heterocycles. The fourth-order valence-electron chi connectivity index (χ4n) is 4.26. The van der Waals surface area contributed by atoms with Crippen LogP contribution in [0.3, 0.4) is 0 Å². The number of unbranched alkanes of at least 4 members (excludes halogenated alkanes) is 7. The average Bonchev–Trinajstić information content (AvgIpc) is 2.72. The Morgan fingerprint density at radius 3 is 1.97 bits per heavy atom. The van der Waals surface area contributed by atoms with E-state index in [1.54, 1.807) is 4.31 Å². The van der Waals surface area contributed by atoms with Crippen molar-refractivity contribution in [2.45, 2.75) is 71.8 Å². The molecule has 0 N–H and O–H groups in total. The number of benzene rings is 1. The molecule has 1 aliphatic rings. The number of hydrogen-bond acceptors (Lipinski definition) is 2. The predicted molar refractivity (Wildman–Crippen MR) is 119 cm³/mol. The van der Waals surface area contributed by atoms with Gasteiger partial charge in [-0.3, -0.25) is 0 Å². The van der Waals surface area contributed by atoms with Gasteiger partial charge in [0.1, 0.15) is 12.4 Å². The Hall–Kier alpha value is -0.500. The van der Waals surface area contributed by atoms with E-state index in [4.69, 9.17) is 0 Å². The summed E-state index contributed by atoms with van der Waals surface area (Å²) in [4.78, 5) is 0. The monoisotopic (exact) mass is 506 g/mol. The molecule has 30 heavy (non-hydrogen) atoms. The van der Waals surface area contributed by atoms with Crippen LogP contribution in [0, 0.1) is 5.82 Å². The zero-order valence-corrected chi connectivity index (χ0v) is 21.2. The van der Waals surface area contributed by atoms with Crippen LogP contribution >= 0.6 is 0 Å². The van der Waals surface area contributed by atoms with Gasteiger partial charge in [0.25, 0.3) is 0 Å². The van der Waals surface area contributed by atoms with Crippen molar-refractivity contribution in [3.05, 3.63) is 35.6 Å². The van der Waals surface area contributed by atoms with E-state index in [1.807, 2.05) is 12.1 Å². The number of halogens is 2. The van der Waals surface area contributed by atoms with Crippen LogP contribution < -0.4 is 17.0 Å². The highest BCUT2D eigenvalue weighted by molar-refractivity contribution is 7.89. The lowest BCUT2D eigenvalue weighted by molar-refractivity contribution is -0.942. The topological polar surface area (TPSA) is 37.4 Å². The van der Waals surface area contributed by atoms with Crippen LogP contribution in [0.5, 0.6) is 0 Å². The molecule has 0 saturated carbocycles. The Morgan fingerprint density at radius 2 is 1.43 bits per heavy atom. The lowest BCUT2D eigenvalue weighted by atomic mass is 10.1. The fraction of sp³-hybridized carbons (Fsp3) is 0.739. The fourth-order valence-corrected chi connectivity index (χ4v) is 5.81. The Morgan fingerprint density at radius 1 is 0.900 bits per heavy atom. The highest BCUT2D eigenvalue weighted by Gasteiger charge is 2.35. The molecular formula is C23H40BrFN2O2S. The largest absolute Gasteiger partial charge is 1.00 e. The Bertz CT molecular complexity index is 690.